The number of fused-ring (bicyclic) bond motifs is 1. The number of hydrogen-bond acceptors (Lipinski definition) is 5. The SMILES string of the molecule is CN1C(CCc2ccccc2)NCc2c(cccc2S(C)(=O)=O)C1(N)c1ccccc1.Cl. The third kappa shape index (κ3) is 4.60. The maximum atomic E-state index is 12.6. The fourth-order valence-electron chi connectivity index (χ4n) is 4.54. The van der Waals surface area contributed by atoms with Gasteiger partial charge in [-0.05, 0) is 48.2 Å². The van der Waals surface area contributed by atoms with Crippen LogP contribution in [0.1, 0.15) is 28.7 Å². The normalized spacial score (nSPS) is 21.3. The van der Waals surface area contributed by atoms with Crippen LogP contribution in [0.2, 0.25) is 0 Å². The fourth-order valence-corrected chi connectivity index (χ4v) is 5.50. The van der Waals surface area contributed by atoms with Crippen LogP contribution < -0.4 is 11.1 Å². The molecule has 7 heteroatoms. The number of rotatable bonds is 5. The largest absolute Gasteiger partial charge is 0.305 e. The molecule has 1 aliphatic rings. The molecule has 0 bridgehead atoms. The van der Waals surface area contributed by atoms with Crippen molar-refractivity contribution in [2.24, 2.45) is 5.73 Å². The molecule has 0 fully saturated rings. The number of nitrogens with zero attached hydrogens (tertiary/aromatic N) is 1. The minimum absolute atomic E-state index is 0. The Balaban J connectivity index is 0.00000289. The van der Waals surface area contributed by atoms with Crippen LogP contribution in [0, 0.1) is 0 Å². The van der Waals surface area contributed by atoms with E-state index in [1.165, 1.54) is 11.8 Å². The molecule has 1 heterocycles. The molecule has 3 aromatic carbocycles. The second kappa shape index (κ2) is 9.73. The number of sulfone groups is 1. The molecule has 0 saturated carbocycles. The molecule has 2 atom stereocenters. The summed E-state index contributed by atoms with van der Waals surface area (Å²) in [5.41, 5.74) is 9.98. The first kappa shape index (κ1) is 24.4. The minimum Gasteiger partial charge on any atom is -0.305 e. The molecule has 3 N–H and O–H groups in total. The van der Waals surface area contributed by atoms with Crippen molar-refractivity contribution in [2.45, 2.75) is 36.1 Å². The zero-order chi connectivity index (χ0) is 22.1. The van der Waals surface area contributed by atoms with E-state index >= 15 is 0 Å². The molecule has 2 unspecified atom stereocenters. The molecule has 170 valence electrons. The highest BCUT2D eigenvalue weighted by molar-refractivity contribution is 7.90. The summed E-state index contributed by atoms with van der Waals surface area (Å²) in [6, 6.07) is 25.7. The average molecular weight is 472 g/mol. The van der Waals surface area contributed by atoms with Gasteiger partial charge in [-0.15, -0.1) is 12.4 Å². The van der Waals surface area contributed by atoms with Gasteiger partial charge in [0.25, 0.3) is 0 Å². The number of hydrogen-bond donors (Lipinski definition) is 2. The molecule has 4 rings (SSSR count). The average Bonchev–Trinajstić information content (AvgIpc) is 2.88. The van der Waals surface area contributed by atoms with E-state index < -0.39 is 15.5 Å². The summed E-state index contributed by atoms with van der Waals surface area (Å²) in [6.45, 7) is 0.439. The topological polar surface area (TPSA) is 75.4 Å². The van der Waals surface area contributed by atoms with Crippen LogP contribution in [0.4, 0.5) is 0 Å². The van der Waals surface area contributed by atoms with Gasteiger partial charge in [0.15, 0.2) is 9.84 Å². The lowest BCUT2D eigenvalue weighted by Crippen LogP contribution is -2.58. The van der Waals surface area contributed by atoms with Gasteiger partial charge in [0.05, 0.1) is 11.1 Å². The van der Waals surface area contributed by atoms with E-state index in [9.17, 15) is 8.42 Å². The van der Waals surface area contributed by atoms with Crippen molar-refractivity contribution in [1.82, 2.24) is 10.2 Å². The summed E-state index contributed by atoms with van der Waals surface area (Å²) in [5.74, 6) is 0. The van der Waals surface area contributed by atoms with Crippen LogP contribution in [0.15, 0.2) is 83.8 Å². The van der Waals surface area contributed by atoms with Crippen LogP contribution in [-0.4, -0.2) is 32.8 Å². The minimum atomic E-state index is -3.40. The van der Waals surface area contributed by atoms with E-state index in [1.54, 1.807) is 12.1 Å². The number of halogens is 1. The molecule has 3 aromatic rings. The van der Waals surface area contributed by atoms with Crippen LogP contribution in [0.5, 0.6) is 0 Å². The van der Waals surface area contributed by atoms with E-state index in [-0.39, 0.29) is 18.6 Å². The molecule has 0 aliphatic carbocycles. The smallest absolute Gasteiger partial charge is 0.175 e. The van der Waals surface area contributed by atoms with Crippen LogP contribution >= 0.6 is 12.4 Å². The summed E-state index contributed by atoms with van der Waals surface area (Å²) in [4.78, 5) is 2.48. The zero-order valence-corrected chi connectivity index (χ0v) is 20.0. The zero-order valence-electron chi connectivity index (χ0n) is 18.4. The highest BCUT2D eigenvalue weighted by Crippen LogP contribution is 2.38. The maximum Gasteiger partial charge on any atom is 0.175 e. The van der Waals surface area contributed by atoms with E-state index in [4.69, 9.17) is 5.73 Å². The summed E-state index contributed by atoms with van der Waals surface area (Å²) < 4.78 is 25.1. The quantitative estimate of drug-likeness (QED) is 0.593. The van der Waals surface area contributed by atoms with Crippen molar-refractivity contribution in [1.29, 1.82) is 0 Å². The summed E-state index contributed by atoms with van der Waals surface area (Å²) in [7, 11) is -1.39. The Morgan fingerprint density at radius 2 is 1.62 bits per heavy atom. The van der Waals surface area contributed by atoms with Crippen LogP contribution in [0.25, 0.3) is 0 Å². The number of aryl methyl sites for hydroxylation is 1. The lowest BCUT2D eigenvalue weighted by molar-refractivity contribution is 0.0876. The second-order valence-corrected chi connectivity index (χ2v) is 10.2. The Kier molecular flexibility index (Phi) is 7.43. The predicted molar refractivity (Wildman–Crippen MR) is 131 cm³/mol. The molecular formula is C25H30ClN3O2S. The van der Waals surface area contributed by atoms with E-state index in [1.807, 2.05) is 61.6 Å². The molecular weight excluding hydrogens is 442 g/mol. The number of nitrogens with one attached hydrogen (secondary N) is 1. The Morgan fingerprint density at radius 1 is 1.00 bits per heavy atom. The first-order valence-electron chi connectivity index (χ1n) is 10.5. The second-order valence-electron chi connectivity index (χ2n) is 8.22. The van der Waals surface area contributed by atoms with Gasteiger partial charge in [-0.3, -0.25) is 10.2 Å². The maximum absolute atomic E-state index is 12.6. The molecule has 32 heavy (non-hydrogen) atoms. The van der Waals surface area contributed by atoms with E-state index in [0.717, 1.165) is 29.5 Å². The Bertz CT molecular complexity index is 1160. The molecule has 0 amide bonds. The molecule has 0 saturated heterocycles. The lowest BCUT2D eigenvalue weighted by atomic mass is 9.87. The molecule has 0 radical (unpaired) electrons. The lowest BCUT2D eigenvalue weighted by Gasteiger charge is -2.43. The van der Waals surface area contributed by atoms with Crippen LogP contribution in [-0.2, 0) is 28.5 Å². The Labute approximate surface area is 197 Å². The molecule has 0 aromatic heterocycles. The van der Waals surface area contributed by atoms with Crippen molar-refractivity contribution < 1.29 is 8.42 Å². The summed E-state index contributed by atoms with van der Waals surface area (Å²) in [6.07, 6.45) is 2.95. The molecule has 0 spiro atoms. The van der Waals surface area contributed by atoms with Crippen molar-refractivity contribution >= 4 is 22.2 Å². The van der Waals surface area contributed by atoms with Gasteiger partial charge in [0.2, 0.25) is 0 Å². The standard InChI is InChI=1S/C25H29N3O2S.ClH/c1-28-24(17-16-19-10-5-3-6-11-19)27-18-21-22(14-9-15-23(21)31(2,29)30)25(28,26)20-12-7-4-8-13-20;/h3-15,24,27H,16-18,26H2,1-2H3;1H. The van der Waals surface area contributed by atoms with Gasteiger partial charge in [0, 0.05) is 12.8 Å². The van der Waals surface area contributed by atoms with Crippen molar-refractivity contribution in [3.63, 3.8) is 0 Å². The number of nitrogens with two attached hydrogens (primary N) is 1. The van der Waals surface area contributed by atoms with Gasteiger partial charge in [0.1, 0.15) is 5.66 Å². The van der Waals surface area contributed by atoms with Gasteiger partial charge in [-0.1, -0.05) is 72.8 Å². The van der Waals surface area contributed by atoms with Gasteiger partial charge in [-0.25, -0.2) is 8.42 Å². The van der Waals surface area contributed by atoms with Crippen molar-refractivity contribution in [3.05, 3.63) is 101 Å². The molecule has 5 nitrogen and oxygen atoms in total. The molecule has 1 aliphatic heterocycles. The van der Waals surface area contributed by atoms with Gasteiger partial charge >= 0.3 is 0 Å². The third-order valence-corrected chi connectivity index (χ3v) is 7.43. The summed E-state index contributed by atoms with van der Waals surface area (Å²) in [5, 5.41) is 3.58. The monoisotopic (exact) mass is 471 g/mol. The number of benzene rings is 3. The van der Waals surface area contributed by atoms with Crippen molar-refractivity contribution in [2.75, 3.05) is 13.3 Å². The third-order valence-electron chi connectivity index (χ3n) is 6.24. The summed E-state index contributed by atoms with van der Waals surface area (Å²) >= 11 is 0. The van der Waals surface area contributed by atoms with Crippen molar-refractivity contribution in [3.8, 4) is 0 Å². The highest BCUT2D eigenvalue weighted by Gasteiger charge is 2.42. The van der Waals surface area contributed by atoms with E-state index in [2.05, 4.69) is 22.3 Å². The van der Waals surface area contributed by atoms with Crippen LogP contribution in [0.3, 0.4) is 0 Å². The first-order valence-corrected chi connectivity index (χ1v) is 12.4. The Morgan fingerprint density at radius 3 is 2.25 bits per heavy atom. The first-order chi connectivity index (χ1) is 14.8. The predicted octanol–water partition coefficient (Wildman–Crippen LogP) is 3.67. The van der Waals surface area contributed by atoms with Gasteiger partial charge in [-0.2, -0.15) is 0 Å². The highest BCUT2D eigenvalue weighted by atomic mass is 35.5. The van der Waals surface area contributed by atoms with Gasteiger partial charge < -0.3 is 5.73 Å². The fraction of sp³-hybridized carbons (Fsp3) is 0.280. The van der Waals surface area contributed by atoms with E-state index in [0.29, 0.717) is 11.4 Å². The Hall–Kier alpha value is -2.22.